The lowest BCUT2D eigenvalue weighted by Crippen LogP contribution is -1.96. The number of ether oxygens (including phenoxy) is 3. The van der Waals surface area contributed by atoms with Gasteiger partial charge in [-0.1, -0.05) is 0 Å². The van der Waals surface area contributed by atoms with Gasteiger partial charge in [-0.15, -0.1) is 0 Å². The molecule has 0 aromatic carbocycles. The van der Waals surface area contributed by atoms with Gasteiger partial charge in [-0.25, -0.2) is 4.98 Å². The zero-order valence-corrected chi connectivity index (χ0v) is 8.03. The Bertz CT molecular complexity index is 276. The van der Waals surface area contributed by atoms with Crippen LogP contribution in [0.1, 0.15) is 5.56 Å². The zero-order chi connectivity index (χ0) is 9.68. The van der Waals surface area contributed by atoms with Crippen LogP contribution in [-0.2, 0) is 11.3 Å². The maximum atomic E-state index is 5.14. The third kappa shape index (κ3) is 2.32. The number of pyridine rings is 1. The van der Waals surface area contributed by atoms with E-state index in [1.807, 2.05) is 0 Å². The van der Waals surface area contributed by atoms with E-state index in [2.05, 4.69) is 4.98 Å². The highest BCUT2D eigenvalue weighted by Gasteiger charge is 2.04. The summed E-state index contributed by atoms with van der Waals surface area (Å²) in [6.45, 7) is 0.486. The fourth-order valence-electron chi connectivity index (χ4n) is 1.01. The topological polar surface area (TPSA) is 40.6 Å². The molecule has 1 aromatic heterocycles. The number of hydrogen-bond acceptors (Lipinski definition) is 4. The third-order valence-corrected chi connectivity index (χ3v) is 1.65. The highest BCUT2D eigenvalue weighted by atomic mass is 16.5. The Morgan fingerprint density at radius 1 is 1.23 bits per heavy atom. The Labute approximate surface area is 77.5 Å². The molecular weight excluding hydrogens is 170 g/mol. The SMILES string of the molecule is COCc1cnc(OC)cc1OC. The molecule has 0 aliphatic rings. The van der Waals surface area contributed by atoms with E-state index in [1.165, 1.54) is 0 Å². The van der Waals surface area contributed by atoms with E-state index in [0.29, 0.717) is 12.5 Å². The van der Waals surface area contributed by atoms with Crippen LogP contribution in [0.3, 0.4) is 0 Å². The van der Waals surface area contributed by atoms with E-state index in [0.717, 1.165) is 11.3 Å². The van der Waals surface area contributed by atoms with E-state index in [4.69, 9.17) is 14.2 Å². The molecule has 0 atom stereocenters. The van der Waals surface area contributed by atoms with Gasteiger partial charge in [-0.3, -0.25) is 0 Å². The van der Waals surface area contributed by atoms with Crippen LogP contribution in [0.4, 0.5) is 0 Å². The third-order valence-electron chi connectivity index (χ3n) is 1.65. The van der Waals surface area contributed by atoms with Crippen molar-refractivity contribution in [1.82, 2.24) is 4.98 Å². The van der Waals surface area contributed by atoms with Crippen molar-refractivity contribution < 1.29 is 14.2 Å². The zero-order valence-electron chi connectivity index (χ0n) is 8.03. The number of rotatable bonds is 4. The summed E-state index contributed by atoms with van der Waals surface area (Å²) in [7, 11) is 4.80. The van der Waals surface area contributed by atoms with Gasteiger partial charge in [0.2, 0.25) is 5.88 Å². The van der Waals surface area contributed by atoms with Gasteiger partial charge in [0.05, 0.1) is 20.8 Å². The summed E-state index contributed by atoms with van der Waals surface area (Å²) >= 11 is 0. The second-order valence-electron chi connectivity index (χ2n) is 2.47. The van der Waals surface area contributed by atoms with E-state index >= 15 is 0 Å². The second-order valence-corrected chi connectivity index (χ2v) is 2.47. The average molecular weight is 183 g/mol. The van der Waals surface area contributed by atoms with Gasteiger partial charge in [-0.2, -0.15) is 0 Å². The van der Waals surface area contributed by atoms with Gasteiger partial charge in [0, 0.05) is 24.9 Å². The minimum absolute atomic E-state index is 0.486. The van der Waals surface area contributed by atoms with Crippen LogP contribution in [-0.4, -0.2) is 26.3 Å². The largest absolute Gasteiger partial charge is 0.496 e. The molecule has 4 nitrogen and oxygen atoms in total. The highest BCUT2D eigenvalue weighted by molar-refractivity contribution is 5.34. The number of methoxy groups -OCH3 is 3. The van der Waals surface area contributed by atoms with Gasteiger partial charge < -0.3 is 14.2 Å². The second kappa shape index (κ2) is 4.67. The first kappa shape index (κ1) is 9.80. The first-order valence-corrected chi connectivity index (χ1v) is 3.87. The van der Waals surface area contributed by atoms with Gasteiger partial charge in [0.25, 0.3) is 0 Å². The van der Waals surface area contributed by atoms with Crippen molar-refractivity contribution >= 4 is 0 Å². The number of hydrogen-bond donors (Lipinski definition) is 0. The predicted molar refractivity (Wildman–Crippen MR) is 48.1 cm³/mol. The van der Waals surface area contributed by atoms with E-state index in [-0.39, 0.29) is 0 Å². The van der Waals surface area contributed by atoms with Gasteiger partial charge >= 0.3 is 0 Å². The molecule has 0 saturated heterocycles. The Hall–Kier alpha value is -1.29. The molecule has 1 aromatic rings. The molecule has 0 unspecified atom stereocenters. The Kier molecular flexibility index (Phi) is 3.52. The van der Waals surface area contributed by atoms with Crippen LogP contribution in [0, 0.1) is 0 Å². The molecule has 1 heterocycles. The van der Waals surface area contributed by atoms with Crippen molar-refractivity contribution in [3.63, 3.8) is 0 Å². The Morgan fingerprint density at radius 3 is 2.54 bits per heavy atom. The quantitative estimate of drug-likeness (QED) is 0.704. The summed E-state index contributed by atoms with van der Waals surface area (Å²) in [6.07, 6.45) is 1.68. The minimum atomic E-state index is 0.486. The van der Waals surface area contributed by atoms with E-state index in [9.17, 15) is 0 Å². The van der Waals surface area contributed by atoms with Crippen LogP contribution in [0.5, 0.6) is 11.6 Å². The molecular formula is C9H13NO3. The summed E-state index contributed by atoms with van der Waals surface area (Å²) in [6, 6.07) is 1.73. The first-order chi connectivity index (χ1) is 6.31. The molecule has 0 saturated carbocycles. The monoisotopic (exact) mass is 183 g/mol. The van der Waals surface area contributed by atoms with Crippen molar-refractivity contribution in [2.24, 2.45) is 0 Å². The summed E-state index contributed by atoms with van der Waals surface area (Å²) < 4.78 is 15.1. The molecule has 4 heteroatoms. The molecule has 13 heavy (non-hydrogen) atoms. The van der Waals surface area contributed by atoms with E-state index in [1.54, 1.807) is 33.6 Å². The van der Waals surface area contributed by atoms with Crippen molar-refractivity contribution in [2.45, 2.75) is 6.61 Å². The Balaban J connectivity index is 2.93. The van der Waals surface area contributed by atoms with Crippen molar-refractivity contribution in [2.75, 3.05) is 21.3 Å². The fourth-order valence-corrected chi connectivity index (χ4v) is 1.01. The summed E-state index contributed by atoms with van der Waals surface area (Å²) in [5, 5.41) is 0. The molecule has 0 N–H and O–H groups in total. The molecule has 0 spiro atoms. The maximum Gasteiger partial charge on any atom is 0.216 e. The standard InChI is InChI=1S/C9H13NO3/c1-11-6-7-5-10-9(13-3)4-8(7)12-2/h4-5H,6H2,1-3H3. The number of nitrogens with zero attached hydrogens (tertiary/aromatic N) is 1. The summed E-state index contributed by atoms with van der Waals surface area (Å²) in [4.78, 5) is 4.04. The van der Waals surface area contributed by atoms with Gasteiger partial charge in [0.15, 0.2) is 0 Å². The summed E-state index contributed by atoms with van der Waals surface area (Å²) in [5.41, 5.74) is 0.908. The molecule has 0 radical (unpaired) electrons. The molecule has 0 bridgehead atoms. The lowest BCUT2D eigenvalue weighted by molar-refractivity contribution is 0.181. The molecule has 0 fully saturated rings. The van der Waals surface area contributed by atoms with Crippen molar-refractivity contribution in [3.8, 4) is 11.6 Å². The average Bonchev–Trinajstić information content (AvgIpc) is 2.19. The van der Waals surface area contributed by atoms with Crippen LogP contribution < -0.4 is 9.47 Å². The minimum Gasteiger partial charge on any atom is -0.496 e. The first-order valence-electron chi connectivity index (χ1n) is 3.87. The van der Waals surface area contributed by atoms with Crippen molar-refractivity contribution in [3.05, 3.63) is 17.8 Å². The molecule has 0 amide bonds. The van der Waals surface area contributed by atoms with Gasteiger partial charge in [-0.05, 0) is 0 Å². The Morgan fingerprint density at radius 2 is 2.00 bits per heavy atom. The van der Waals surface area contributed by atoms with Crippen LogP contribution in [0.25, 0.3) is 0 Å². The van der Waals surface area contributed by atoms with Crippen molar-refractivity contribution in [1.29, 1.82) is 0 Å². The lowest BCUT2D eigenvalue weighted by atomic mass is 10.3. The maximum absolute atomic E-state index is 5.14. The highest BCUT2D eigenvalue weighted by Crippen LogP contribution is 2.22. The normalized spacial score (nSPS) is 9.77. The predicted octanol–water partition coefficient (Wildman–Crippen LogP) is 1.25. The smallest absolute Gasteiger partial charge is 0.216 e. The molecule has 72 valence electrons. The fraction of sp³-hybridized carbons (Fsp3) is 0.444. The number of aromatic nitrogens is 1. The summed E-state index contributed by atoms with van der Waals surface area (Å²) in [5.74, 6) is 1.27. The van der Waals surface area contributed by atoms with E-state index < -0.39 is 0 Å². The van der Waals surface area contributed by atoms with Crippen LogP contribution in [0.15, 0.2) is 12.3 Å². The lowest BCUT2D eigenvalue weighted by Gasteiger charge is -2.08. The molecule has 0 aliphatic heterocycles. The molecule has 1 rings (SSSR count). The molecule has 0 aliphatic carbocycles. The van der Waals surface area contributed by atoms with Crippen LogP contribution in [0.2, 0.25) is 0 Å². The van der Waals surface area contributed by atoms with Gasteiger partial charge in [0.1, 0.15) is 5.75 Å². The van der Waals surface area contributed by atoms with Crippen LogP contribution >= 0.6 is 0 Å².